The van der Waals surface area contributed by atoms with Crippen LogP contribution in [-0.4, -0.2) is 93.4 Å². The smallest absolute Gasteiger partial charge is 0.598 e. The van der Waals surface area contributed by atoms with E-state index < -0.39 is 36.4 Å². The number of alkyl halides is 2. The molecule has 17 heteroatoms. The Kier molecular flexibility index (Phi) is 17.9. The Morgan fingerprint density at radius 1 is 1.05 bits per heavy atom. The summed E-state index contributed by atoms with van der Waals surface area (Å²) in [6.07, 6.45) is 11.1. The number of piperidine rings is 1. The van der Waals surface area contributed by atoms with Gasteiger partial charge in [0.2, 0.25) is 17.7 Å². The molecule has 0 bridgehead atoms. The molecule has 7 rings (SSSR count). The number of aromatic nitrogens is 2. The number of rotatable bonds is 8. The molecule has 2 N–H and O–H groups in total. The van der Waals surface area contributed by atoms with Gasteiger partial charge in [-0.25, -0.2) is 13.8 Å². The molecule has 1 saturated carbocycles. The van der Waals surface area contributed by atoms with Gasteiger partial charge < -0.3 is 34.4 Å². The Balaban J connectivity index is 0.000000260. The summed E-state index contributed by atoms with van der Waals surface area (Å²) in [6, 6.07) is 3.74. The van der Waals surface area contributed by atoms with E-state index in [0.29, 0.717) is 48.8 Å². The molecule has 2 saturated heterocycles. The topological polar surface area (TPSA) is 156 Å². The second kappa shape index (κ2) is 22.4. The largest absolute Gasteiger partial charge is 1.00 e. The summed E-state index contributed by atoms with van der Waals surface area (Å²) < 4.78 is 37.3. The van der Waals surface area contributed by atoms with Gasteiger partial charge in [0.1, 0.15) is 16.8 Å². The summed E-state index contributed by atoms with van der Waals surface area (Å²) in [7, 11) is 1.63. The van der Waals surface area contributed by atoms with E-state index in [9.17, 15) is 32.8 Å². The van der Waals surface area contributed by atoms with Gasteiger partial charge in [-0.15, -0.1) is 11.3 Å². The fourth-order valence-corrected chi connectivity index (χ4v) is 9.53. The molecule has 326 valence electrons. The van der Waals surface area contributed by atoms with Crippen LogP contribution in [0.2, 0.25) is 0 Å². The zero-order valence-electron chi connectivity index (χ0n) is 36.0. The van der Waals surface area contributed by atoms with Crippen molar-refractivity contribution in [1.82, 2.24) is 25.1 Å². The average Bonchev–Trinajstić information content (AvgIpc) is 3.67. The summed E-state index contributed by atoms with van der Waals surface area (Å²) in [5, 5.41) is 6.77. The van der Waals surface area contributed by atoms with Crippen LogP contribution in [0.5, 0.6) is 5.75 Å². The summed E-state index contributed by atoms with van der Waals surface area (Å²) in [5.74, 6) is -3.88. The third kappa shape index (κ3) is 13.1. The fraction of sp³-hybridized carbons (Fsp3) is 0.591. The monoisotopic (exact) mass is 890 g/mol. The maximum atomic E-state index is 13.9. The number of aryl methyl sites for hydroxylation is 1. The van der Waals surface area contributed by atoms with E-state index in [1.165, 1.54) is 21.7 Å². The number of thiazole rings is 1. The van der Waals surface area contributed by atoms with Crippen LogP contribution < -0.4 is 45.0 Å². The van der Waals surface area contributed by atoms with E-state index in [-0.39, 0.29) is 78.5 Å². The van der Waals surface area contributed by atoms with Gasteiger partial charge in [-0.3, -0.25) is 31.1 Å². The van der Waals surface area contributed by atoms with Gasteiger partial charge in [0.25, 0.3) is 5.92 Å². The number of hydrogen-bond acceptors (Lipinski definition) is 9. The number of pyridine rings is 1. The van der Waals surface area contributed by atoms with Gasteiger partial charge in [0, 0.05) is 54.2 Å². The first-order valence-corrected chi connectivity index (χ1v) is 22.9. The molecule has 2 aromatic heterocycles. The second-order valence-electron chi connectivity index (χ2n) is 16.6. The van der Waals surface area contributed by atoms with Gasteiger partial charge >= 0.3 is 29.6 Å². The van der Waals surface area contributed by atoms with Gasteiger partial charge in [-0.05, 0) is 88.0 Å². The predicted molar refractivity (Wildman–Crippen MR) is 232 cm³/mol. The summed E-state index contributed by atoms with van der Waals surface area (Å²) in [5.41, 5.74) is 3.53. The number of halogens is 2. The van der Waals surface area contributed by atoms with Gasteiger partial charge in [-0.1, -0.05) is 38.8 Å². The number of carbonyl (C=O) groups excluding carboxylic acids is 4. The molecule has 2 unspecified atom stereocenters. The van der Waals surface area contributed by atoms with E-state index in [2.05, 4.69) is 33.9 Å². The summed E-state index contributed by atoms with van der Waals surface area (Å²) in [4.78, 5) is 75.8. The van der Waals surface area contributed by atoms with E-state index in [1.54, 1.807) is 30.6 Å². The molecule has 61 heavy (non-hydrogen) atoms. The number of amides is 4. The molecule has 3 atom stereocenters. The second-order valence-corrected chi connectivity index (χ2v) is 18.5. The van der Waals surface area contributed by atoms with E-state index in [4.69, 9.17) is 4.74 Å². The third-order valence-corrected chi connectivity index (χ3v) is 13.5. The maximum absolute atomic E-state index is 13.9. The standard InChI is InChI=1S/C27H40F2N4O4S.C17H18N2O2S.Na/c28-27(29)14-8-15-32(18-27)23(34)17-19-9-5-3-1-2-4-6-10-21(24(35)31-38-20-12-13-20)30-25(36)22-11-7-16-33(22)26(19)37;1-9(2)13-8-22-17(19-13)12-7-14(20)11-5-6-15(21-4)10(3)16(11)18-12;/h4,6,19-22H,1-3,5,7-18H2,(H2,30,31,35,36);5-9H,1-4H3,(H,18,20);/q;;+1/p-1/b6-4-;;/t19-,21?,22?;;/m1../s1. The number of fused-ring (bicyclic) bond motifs is 2. The minimum atomic E-state index is -2.90. The molecular weight excluding hydrogens is 834 g/mol. The SMILES string of the molecule is COc1ccc2c(=O)cc(-c3nc(C(C)C)cs3)[nH]c2c1C.O=C([N-]SC1CC1)C1C/C=C\CCCCC[C@H](CC(=O)N2CCCC(F)(F)C2)C(=O)N2CCCC2C(=O)N1.[Na+]. The van der Waals surface area contributed by atoms with Crippen molar-refractivity contribution in [2.24, 2.45) is 5.92 Å². The quantitative estimate of drug-likeness (QED) is 0.172. The van der Waals surface area contributed by atoms with Crippen molar-refractivity contribution in [3.05, 3.63) is 61.9 Å². The maximum Gasteiger partial charge on any atom is 1.00 e. The van der Waals surface area contributed by atoms with Crippen LogP contribution in [0.25, 0.3) is 26.3 Å². The Labute approximate surface area is 387 Å². The van der Waals surface area contributed by atoms with Crippen LogP contribution in [0, 0.1) is 12.8 Å². The summed E-state index contributed by atoms with van der Waals surface area (Å²) in [6.45, 7) is 6.23. The molecular formula is C44H57F2N6NaO6S2. The molecule has 4 amide bonds. The van der Waals surface area contributed by atoms with Gasteiger partial charge in [-0.2, -0.15) is 0 Å². The van der Waals surface area contributed by atoms with E-state index in [1.807, 2.05) is 30.5 Å². The number of nitrogens with zero attached hydrogens (tertiary/aromatic N) is 4. The minimum Gasteiger partial charge on any atom is -0.598 e. The van der Waals surface area contributed by atoms with E-state index in [0.717, 1.165) is 71.8 Å². The van der Waals surface area contributed by atoms with Crippen LogP contribution in [0.1, 0.15) is 114 Å². The van der Waals surface area contributed by atoms with Crippen molar-refractivity contribution in [2.45, 2.75) is 133 Å². The number of carbonyl (C=O) groups is 4. The normalized spacial score (nSPS) is 22.8. The van der Waals surface area contributed by atoms with Crippen LogP contribution in [0.3, 0.4) is 0 Å². The first-order valence-electron chi connectivity index (χ1n) is 21.2. The van der Waals surface area contributed by atoms with Crippen LogP contribution >= 0.6 is 23.3 Å². The number of ether oxygens (including phenoxy) is 1. The summed E-state index contributed by atoms with van der Waals surface area (Å²) >= 11 is 2.82. The number of benzene rings is 1. The number of hydrogen-bond donors (Lipinski definition) is 2. The zero-order valence-corrected chi connectivity index (χ0v) is 39.6. The molecule has 12 nitrogen and oxygen atoms in total. The van der Waals surface area contributed by atoms with Crippen molar-refractivity contribution in [1.29, 1.82) is 0 Å². The van der Waals surface area contributed by atoms with Gasteiger partial charge in [0.05, 0.1) is 42.5 Å². The zero-order chi connectivity index (χ0) is 43.0. The molecule has 0 spiro atoms. The minimum absolute atomic E-state index is 0. The van der Waals surface area contributed by atoms with Crippen molar-refractivity contribution < 1.29 is 62.3 Å². The average molecular weight is 891 g/mol. The number of aromatic amines is 1. The third-order valence-electron chi connectivity index (χ3n) is 11.5. The molecule has 4 aliphatic rings. The molecule has 3 fully saturated rings. The number of allylic oxidation sites excluding steroid dienone is 1. The number of methoxy groups -OCH3 is 1. The molecule has 1 aromatic carbocycles. The molecule has 3 aromatic rings. The number of nitrogens with one attached hydrogen (secondary N) is 2. The van der Waals surface area contributed by atoms with Crippen molar-refractivity contribution in [3.8, 4) is 16.5 Å². The Hall–Kier alpha value is -3.31. The van der Waals surface area contributed by atoms with E-state index >= 15 is 0 Å². The molecule has 1 aliphatic carbocycles. The Morgan fingerprint density at radius 2 is 1.84 bits per heavy atom. The van der Waals surface area contributed by atoms with Crippen molar-refractivity contribution in [3.63, 3.8) is 0 Å². The molecule has 3 aliphatic heterocycles. The Bertz CT molecular complexity index is 2110. The predicted octanol–water partition coefficient (Wildman–Crippen LogP) is 5.44. The van der Waals surface area contributed by atoms with Crippen molar-refractivity contribution >= 4 is 57.8 Å². The fourth-order valence-electron chi connectivity index (χ4n) is 7.85. The number of H-pyrrole nitrogens is 1. The first kappa shape index (κ1) is 48.7. The molecule has 5 heterocycles. The Morgan fingerprint density at radius 3 is 2.54 bits per heavy atom. The van der Waals surface area contributed by atoms with Crippen molar-refractivity contribution in [2.75, 3.05) is 26.7 Å². The number of likely N-dealkylation sites (tertiary alicyclic amines) is 1. The van der Waals surface area contributed by atoms with Crippen LogP contribution in [0.15, 0.2) is 40.5 Å². The van der Waals surface area contributed by atoms with Crippen LogP contribution in [0.4, 0.5) is 8.78 Å². The molecule has 0 radical (unpaired) electrons. The first-order chi connectivity index (χ1) is 28.7. The van der Waals surface area contributed by atoms with Gasteiger partial charge in [0.15, 0.2) is 5.43 Å². The van der Waals surface area contributed by atoms with Crippen LogP contribution in [-0.2, 0) is 19.2 Å².